The average Bonchev–Trinajstić information content (AvgIpc) is 2.38. The Bertz CT molecular complexity index is 474. The molecule has 2 nitrogen and oxygen atoms in total. The summed E-state index contributed by atoms with van der Waals surface area (Å²) in [6.07, 6.45) is 5.18. The number of aryl methyl sites for hydroxylation is 1. The molecule has 2 aliphatic rings. The number of nitrogens with two attached hydrogens (primary N) is 1. The lowest BCUT2D eigenvalue weighted by atomic mass is 9.61. The summed E-state index contributed by atoms with van der Waals surface area (Å²) in [7, 11) is 0. The number of fused-ring (bicyclic) bond motifs is 3. The van der Waals surface area contributed by atoms with Crippen molar-refractivity contribution < 1.29 is 0 Å². The maximum atomic E-state index is 9.07. The summed E-state index contributed by atoms with van der Waals surface area (Å²) >= 11 is 0. The Labute approximate surface area is 102 Å². The Morgan fingerprint density at radius 3 is 2.94 bits per heavy atom. The lowest BCUT2D eigenvalue weighted by Gasteiger charge is -2.47. The lowest BCUT2D eigenvalue weighted by molar-refractivity contribution is 0.142. The molecule has 1 fully saturated rings. The van der Waals surface area contributed by atoms with Crippen LogP contribution in [0.1, 0.15) is 36.8 Å². The minimum absolute atomic E-state index is 0.164. The molecule has 0 saturated heterocycles. The summed E-state index contributed by atoms with van der Waals surface area (Å²) in [4.78, 5) is 0. The first-order chi connectivity index (χ1) is 8.24. The van der Waals surface area contributed by atoms with Gasteiger partial charge in [0, 0.05) is 11.5 Å². The highest BCUT2D eigenvalue weighted by Gasteiger charge is 2.44. The van der Waals surface area contributed by atoms with Gasteiger partial charge in [-0.3, -0.25) is 0 Å². The lowest BCUT2D eigenvalue weighted by Crippen LogP contribution is -2.50. The molecule has 17 heavy (non-hydrogen) atoms. The summed E-state index contributed by atoms with van der Waals surface area (Å²) in [6, 6.07) is 11.0. The normalized spacial score (nSPS) is 35.5. The van der Waals surface area contributed by atoms with E-state index in [0.717, 1.165) is 32.1 Å². The molecule has 2 heteroatoms. The van der Waals surface area contributed by atoms with Crippen molar-refractivity contribution in [1.29, 1.82) is 5.26 Å². The Morgan fingerprint density at radius 2 is 2.12 bits per heavy atom. The Hall–Kier alpha value is -1.33. The number of hydrogen-bond acceptors (Lipinski definition) is 2. The largest absolute Gasteiger partial charge is 0.321 e. The average molecular weight is 226 g/mol. The molecule has 0 aromatic heterocycles. The van der Waals surface area contributed by atoms with Gasteiger partial charge in [0.05, 0.1) is 6.07 Å². The third-order valence-electron chi connectivity index (χ3n) is 4.67. The van der Waals surface area contributed by atoms with E-state index >= 15 is 0 Å². The van der Waals surface area contributed by atoms with Gasteiger partial charge in [-0.1, -0.05) is 24.3 Å². The number of benzene rings is 1. The van der Waals surface area contributed by atoms with Gasteiger partial charge in [0.2, 0.25) is 0 Å². The first-order valence-electron chi connectivity index (χ1n) is 6.51. The smallest absolute Gasteiger partial charge is 0.0655 e. The van der Waals surface area contributed by atoms with E-state index in [2.05, 4.69) is 30.3 Å². The zero-order valence-electron chi connectivity index (χ0n) is 10.0. The SMILES string of the molecule is N#CC1CCC2(N)c3ccccc3CCC2C1. The second-order valence-electron chi connectivity index (χ2n) is 5.53. The number of rotatable bonds is 0. The number of hydrogen-bond donors (Lipinski definition) is 1. The van der Waals surface area contributed by atoms with Gasteiger partial charge in [-0.25, -0.2) is 0 Å². The second kappa shape index (κ2) is 3.85. The standard InChI is InChI=1S/C15H18N2/c16-10-11-7-8-15(17)13(9-11)6-5-12-3-1-2-4-14(12)15/h1-4,11,13H,5-9,17H2. The van der Waals surface area contributed by atoms with Gasteiger partial charge in [-0.15, -0.1) is 0 Å². The molecule has 0 spiro atoms. The van der Waals surface area contributed by atoms with Crippen molar-refractivity contribution in [2.45, 2.75) is 37.6 Å². The summed E-state index contributed by atoms with van der Waals surface area (Å²) in [5.41, 5.74) is 9.28. The van der Waals surface area contributed by atoms with Crippen LogP contribution in [0.15, 0.2) is 24.3 Å². The molecule has 1 aromatic rings. The topological polar surface area (TPSA) is 49.8 Å². The minimum Gasteiger partial charge on any atom is -0.321 e. The van der Waals surface area contributed by atoms with Crippen LogP contribution in [0.2, 0.25) is 0 Å². The van der Waals surface area contributed by atoms with Crippen molar-refractivity contribution in [2.24, 2.45) is 17.6 Å². The molecule has 3 rings (SSSR count). The first kappa shape index (κ1) is 10.8. The van der Waals surface area contributed by atoms with Crippen LogP contribution in [-0.4, -0.2) is 0 Å². The Morgan fingerprint density at radius 1 is 1.29 bits per heavy atom. The molecule has 2 aliphatic carbocycles. The monoisotopic (exact) mass is 226 g/mol. The van der Waals surface area contributed by atoms with Crippen molar-refractivity contribution >= 4 is 0 Å². The summed E-state index contributed by atoms with van der Waals surface area (Å²) in [6.45, 7) is 0. The van der Waals surface area contributed by atoms with Gasteiger partial charge in [-0.2, -0.15) is 5.26 Å². The molecule has 0 amide bonds. The maximum absolute atomic E-state index is 9.07. The van der Waals surface area contributed by atoms with Crippen LogP contribution in [0.25, 0.3) is 0 Å². The fourth-order valence-electron chi connectivity index (χ4n) is 3.66. The van der Waals surface area contributed by atoms with Crippen molar-refractivity contribution in [2.75, 3.05) is 0 Å². The van der Waals surface area contributed by atoms with Gasteiger partial charge in [0.15, 0.2) is 0 Å². The summed E-state index contributed by atoms with van der Waals surface area (Å²) in [5.74, 6) is 0.720. The predicted molar refractivity (Wildman–Crippen MR) is 67.1 cm³/mol. The van der Waals surface area contributed by atoms with Crippen LogP contribution in [0.4, 0.5) is 0 Å². The van der Waals surface area contributed by atoms with Crippen molar-refractivity contribution in [1.82, 2.24) is 0 Å². The number of nitriles is 1. The minimum atomic E-state index is -0.164. The molecule has 0 heterocycles. The molecular formula is C15H18N2. The first-order valence-corrected chi connectivity index (χ1v) is 6.51. The van der Waals surface area contributed by atoms with E-state index in [4.69, 9.17) is 11.0 Å². The van der Waals surface area contributed by atoms with Crippen LogP contribution in [0.5, 0.6) is 0 Å². The van der Waals surface area contributed by atoms with E-state index in [1.165, 1.54) is 11.1 Å². The van der Waals surface area contributed by atoms with E-state index in [1.807, 2.05) is 0 Å². The van der Waals surface area contributed by atoms with Crippen LogP contribution >= 0.6 is 0 Å². The van der Waals surface area contributed by atoms with Gasteiger partial charge in [0.25, 0.3) is 0 Å². The highest BCUT2D eigenvalue weighted by molar-refractivity contribution is 5.37. The van der Waals surface area contributed by atoms with Crippen LogP contribution in [0.3, 0.4) is 0 Å². The maximum Gasteiger partial charge on any atom is 0.0655 e. The third kappa shape index (κ3) is 1.57. The highest BCUT2D eigenvalue weighted by Crippen LogP contribution is 2.47. The molecule has 1 aromatic carbocycles. The third-order valence-corrected chi connectivity index (χ3v) is 4.67. The molecule has 0 aliphatic heterocycles. The zero-order chi connectivity index (χ0) is 11.9. The molecule has 0 bridgehead atoms. The van der Waals surface area contributed by atoms with E-state index in [-0.39, 0.29) is 11.5 Å². The van der Waals surface area contributed by atoms with Crippen molar-refractivity contribution in [3.05, 3.63) is 35.4 Å². The molecular weight excluding hydrogens is 208 g/mol. The van der Waals surface area contributed by atoms with Crippen molar-refractivity contribution in [3.63, 3.8) is 0 Å². The quantitative estimate of drug-likeness (QED) is 0.739. The molecule has 1 saturated carbocycles. The fraction of sp³-hybridized carbons (Fsp3) is 0.533. The van der Waals surface area contributed by atoms with Gasteiger partial charge >= 0.3 is 0 Å². The van der Waals surface area contributed by atoms with Gasteiger partial charge in [-0.05, 0) is 49.1 Å². The van der Waals surface area contributed by atoms with E-state index in [0.29, 0.717) is 5.92 Å². The second-order valence-corrected chi connectivity index (χ2v) is 5.53. The fourth-order valence-corrected chi connectivity index (χ4v) is 3.66. The number of nitrogens with zero attached hydrogens (tertiary/aromatic N) is 1. The van der Waals surface area contributed by atoms with Crippen LogP contribution in [0, 0.1) is 23.2 Å². The molecule has 2 N–H and O–H groups in total. The zero-order valence-corrected chi connectivity index (χ0v) is 10.0. The van der Waals surface area contributed by atoms with Crippen molar-refractivity contribution in [3.8, 4) is 6.07 Å². The molecule has 88 valence electrons. The summed E-state index contributed by atoms with van der Waals surface area (Å²) < 4.78 is 0. The highest BCUT2D eigenvalue weighted by atomic mass is 14.8. The van der Waals surface area contributed by atoms with E-state index in [1.54, 1.807) is 0 Å². The molecule has 3 unspecified atom stereocenters. The predicted octanol–water partition coefficient (Wildman–Crippen LogP) is 2.73. The molecule has 3 atom stereocenters. The Balaban J connectivity index is 1.99. The molecule has 0 radical (unpaired) electrons. The van der Waals surface area contributed by atoms with E-state index in [9.17, 15) is 0 Å². The van der Waals surface area contributed by atoms with Gasteiger partial charge < -0.3 is 5.73 Å². The Kier molecular flexibility index (Phi) is 2.45. The van der Waals surface area contributed by atoms with E-state index < -0.39 is 0 Å². The van der Waals surface area contributed by atoms with Crippen LogP contribution < -0.4 is 5.73 Å². The summed E-state index contributed by atoms with van der Waals surface area (Å²) in [5, 5.41) is 9.07. The van der Waals surface area contributed by atoms with Gasteiger partial charge in [0.1, 0.15) is 0 Å². The van der Waals surface area contributed by atoms with Crippen LogP contribution in [-0.2, 0) is 12.0 Å².